The lowest BCUT2D eigenvalue weighted by molar-refractivity contribution is -0.156. The topological polar surface area (TPSA) is 51.2 Å². The molecule has 5 rings (SSSR count). The molecule has 4 aliphatic rings. The van der Waals surface area contributed by atoms with Gasteiger partial charge in [-0.25, -0.2) is 0 Å². The van der Waals surface area contributed by atoms with Crippen LogP contribution in [0.5, 0.6) is 0 Å². The van der Waals surface area contributed by atoms with Crippen molar-refractivity contribution in [1.29, 1.82) is 0 Å². The van der Waals surface area contributed by atoms with Crippen molar-refractivity contribution >= 4 is 23.4 Å². The van der Waals surface area contributed by atoms with Crippen molar-refractivity contribution in [2.75, 3.05) is 0 Å². The number of ketones is 2. The zero-order valence-electron chi connectivity index (χ0n) is 11.6. The first-order valence-electron chi connectivity index (χ1n) is 7.49. The second kappa shape index (κ2) is 4.48. The molecule has 3 fully saturated rings. The number of Topliss-reactive ketones (excluding diaryl/α,β-unsaturated/α-hetero) is 2. The van der Waals surface area contributed by atoms with E-state index >= 15 is 0 Å². The minimum Gasteiger partial charge on any atom is -0.303 e. The zero-order valence-corrected chi connectivity index (χ0v) is 11.6. The predicted octanol–water partition coefficient (Wildman–Crippen LogP) is 2.31. The third-order valence-electron chi connectivity index (χ3n) is 5.44. The van der Waals surface area contributed by atoms with Gasteiger partial charge in [-0.15, -0.1) is 0 Å². The molecule has 3 heteroatoms. The molecule has 0 heterocycles. The van der Waals surface area contributed by atoms with E-state index in [1.807, 2.05) is 30.3 Å². The van der Waals surface area contributed by atoms with E-state index in [0.29, 0.717) is 6.42 Å². The highest BCUT2D eigenvalue weighted by Crippen LogP contribution is 2.55. The van der Waals surface area contributed by atoms with E-state index in [1.54, 1.807) is 0 Å². The van der Waals surface area contributed by atoms with Crippen molar-refractivity contribution in [2.45, 2.75) is 12.8 Å². The van der Waals surface area contributed by atoms with Crippen LogP contribution in [0.1, 0.15) is 18.4 Å². The number of aldehydes is 1. The van der Waals surface area contributed by atoms with Gasteiger partial charge in [0.2, 0.25) is 0 Å². The van der Waals surface area contributed by atoms with Crippen molar-refractivity contribution in [2.24, 2.45) is 29.6 Å². The summed E-state index contributed by atoms with van der Waals surface area (Å²) in [5.74, 6) is -0.980. The molecule has 0 aromatic heterocycles. The van der Waals surface area contributed by atoms with Gasteiger partial charge >= 0.3 is 0 Å². The second-order valence-electron chi connectivity index (χ2n) is 6.31. The highest BCUT2D eigenvalue weighted by Gasteiger charge is 2.59. The molecular weight excluding hydrogens is 264 g/mol. The van der Waals surface area contributed by atoms with Crippen LogP contribution in [0.15, 0.2) is 36.4 Å². The van der Waals surface area contributed by atoms with Crippen LogP contribution in [0, 0.1) is 29.6 Å². The van der Waals surface area contributed by atoms with Gasteiger partial charge in [0, 0.05) is 36.0 Å². The normalized spacial score (nSPS) is 37.3. The fraction of sp³-hybridized carbons (Fsp3) is 0.389. The molecule has 0 radical (unpaired) electrons. The summed E-state index contributed by atoms with van der Waals surface area (Å²) in [6.07, 6.45) is 3.88. The number of hydrogen-bond acceptors (Lipinski definition) is 3. The van der Waals surface area contributed by atoms with Crippen molar-refractivity contribution in [3.63, 3.8) is 0 Å². The fourth-order valence-electron chi connectivity index (χ4n) is 4.57. The highest BCUT2D eigenvalue weighted by molar-refractivity contribution is 6.04. The number of allylic oxidation sites excluding steroid dienone is 2. The molecule has 0 spiro atoms. The van der Waals surface area contributed by atoms with Gasteiger partial charge in [0.1, 0.15) is 17.9 Å². The van der Waals surface area contributed by atoms with Crippen LogP contribution in [0.2, 0.25) is 0 Å². The lowest BCUT2D eigenvalue weighted by Gasteiger charge is -2.51. The number of carbonyl (C=O) groups excluding carboxylic acids is 3. The Morgan fingerprint density at radius 1 is 1.00 bits per heavy atom. The Balaban J connectivity index is 1.86. The lowest BCUT2D eigenvalue weighted by Crippen LogP contribution is -2.57. The SMILES string of the molecule is O=C[C@@H]1[C@H]2C(c3ccccc3)=CC[C@H]3C(=O)[C@@H]1CC(=O)[C@@H]23. The van der Waals surface area contributed by atoms with Gasteiger partial charge in [0.15, 0.2) is 0 Å². The Kier molecular flexibility index (Phi) is 2.71. The summed E-state index contributed by atoms with van der Waals surface area (Å²) >= 11 is 0. The van der Waals surface area contributed by atoms with E-state index in [4.69, 9.17) is 0 Å². The largest absolute Gasteiger partial charge is 0.303 e. The minimum atomic E-state index is -0.387. The molecule has 0 unspecified atom stereocenters. The molecule has 0 saturated heterocycles. The molecular formula is C18H16O3. The van der Waals surface area contributed by atoms with Crippen LogP contribution in [0.3, 0.4) is 0 Å². The van der Waals surface area contributed by atoms with Gasteiger partial charge in [-0.3, -0.25) is 9.59 Å². The van der Waals surface area contributed by atoms with E-state index in [2.05, 4.69) is 6.08 Å². The van der Waals surface area contributed by atoms with Gasteiger partial charge in [-0.05, 0) is 17.6 Å². The van der Waals surface area contributed by atoms with Crippen LogP contribution < -0.4 is 0 Å². The van der Waals surface area contributed by atoms with Gasteiger partial charge in [-0.2, -0.15) is 0 Å². The van der Waals surface area contributed by atoms with Crippen molar-refractivity contribution in [1.82, 2.24) is 0 Å². The number of carbonyl (C=O) groups is 3. The monoisotopic (exact) mass is 280 g/mol. The average molecular weight is 280 g/mol. The molecule has 3 nitrogen and oxygen atoms in total. The zero-order chi connectivity index (χ0) is 14.6. The fourth-order valence-corrected chi connectivity index (χ4v) is 4.57. The standard InChI is InChI=1S/C18H16O3/c19-9-14-13-8-15(20)17-12(18(13)21)7-6-11(16(14)17)10-4-2-1-3-5-10/h1-6,9,12-14,16-17H,7-8H2/t12-,13-,14+,16-,17+/m1/s1. The summed E-state index contributed by atoms with van der Waals surface area (Å²) in [4.78, 5) is 36.4. The molecule has 0 aliphatic heterocycles. The molecule has 1 aromatic carbocycles. The van der Waals surface area contributed by atoms with E-state index < -0.39 is 0 Å². The minimum absolute atomic E-state index is 0.104. The smallest absolute Gasteiger partial charge is 0.141 e. The van der Waals surface area contributed by atoms with Gasteiger partial charge in [0.05, 0.1) is 0 Å². The Labute approximate surface area is 123 Å². The van der Waals surface area contributed by atoms with Crippen LogP contribution in [0.4, 0.5) is 0 Å². The Morgan fingerprint density at radius 3 is 2.48 bits per heavy atom. The Hall–Kier alpha value is -2.03. The molecule has 3 saturated carbocycles. The first-order chi connectivity index (χ1) is 10.2. The number of hydrogen-bond donors (Lipinski definition) is 0. The summed E-state index contributed by atoms with van der Waals surface area (Å²) in [6.45, 7) is 0. The second-order valence-corrected chi connectivity index (χ2v) is 6.31. The van der Waals surface area contributed by atoms with Crippen molar-refractivity contribution < 1.29 is 14.4 Å². The molecule has 4 bridgehead atoms. The van der Waals surface area contributed by atoms with E-state index in [-0.39, 0.29) is 47.6 Å². The Morgan fingerprint density at radius 2 is 1.76 bits per heavy atom. The summed E-state index contributed by atoms with van der Waals surface area (Å²) in [5, 5.41) is 0. The van der Waals surface area contributed by atoms with Crippen LogP contribution in [-0.2, 0) is 14.4 Å². The van der Waals surface area contributed by atoms with Crippen LogP contribution >= 0.6 is 0 Å². The molecule has 5 atom stereocenters. The van der Waals surface area contributed by atoms with Gasteiger partial charge in [-0.1, -0.05) is 36.4 Å². The van der Waals surface area contributed by atoms with Crippen LogP contribution in [0.25, 0.3) is 5.57 Å². The van der Waals surface area contributed by atoms with E-state index in [0.717, 1.165) is 17.4 Å². The predicted molar refractivity (Wildman–Crippen MR) is 77.2 cm³/mol. The summed E-state index contributed by atoms with van der Waals surface area (Å²) in [6, 6.07) is 9.91. The molecule has 0 N–H and O–H groups in total. The first kappa shape index (κ1) is 12.7. The Bertz CT molecular complexity index is 658. The third kappa shape index (κ3) is 1.63. The molecule has 4 aliphatic carbocycles. The quantitative estimate of drug-likeness (QED) is 0.781. The maximum Gasteiger partial charge on any atom is 0.141 e. The molecule has 0 amide bonds. The van der Waals surface area contributed by atoms with Crippen molar-refractivity contribution in [3.8, 4) is 0 Å². The highest BCUT2D eigenvalue weighted by atomic mass is 16.1. The number of rotatable bonds is 2. The van der Waals surface area contributed by atoms with Gasteiger partial charge in [0.25, 0.3) is 0 Å². The van der Waals surface area contributed by atoms with Crippen LogP contribution in [-0.4, -0.2) is 17.9 Å². The number of benzene rings is 1. The summed E-state index contributed by atoms with van der Waals surface area (Å²) in [7, 11) is 0. The maximum atomic E-state index is 12.4. The molecule has 106 valence electrons. The van der Waals surface area contributed by atoms with E-state index in [9.17, 15) is 14.4 Å². The molecule has 1 aromatic rings. The van der Waals surface area contributed by atoms with Crippen molar-refractivity contribution in [3.05, 3.63) is 42.0 Å². The average Bonchev–Trinajstić information content (AvgIpc) is 2.52. The lowest BCUT2D eigenvalue weighted by atomic mass is 9.49. The summed E-state index contributed by atoms with van der Waals surface area (Å²) < 4.78 is 0. The number of fused-ring (bicyclic) bond motifs is 1. The summed E-state index contributed by atoms with van der Waals surface area (Å²) in [5.41, 5.74) is 2.15. The molecule has 21 heavy (non-hydrogen) atoms. The maximum absolute atomic E-state index is 12.4. The first-order valence-corrected chi connectivity index (χ1v) is 7.49. The third-order valence-corrected chi connectivity index (χ3v) is 5.44. The van der Waals surface area contributed by atoms with E-state index in [1.165, 1.54) is 0 Å². The van der Waals surface area contributed by atoms with Gasteiger partial charge < -0.3 is 4.79 Å².